The molecule has 0 saturated heterocycles. The van der Waals surface area contributed by atoms with Gasteiger partial charge in [-0.15, -0.1) is 0 Å². The first kappa shape index (κ1) is 10.9. The first-order valence-corrected chi connectivity index (χ1v) is 4.10. The zero-order valence-corrected chi connectivity index (χ0v) is 7.47. The van der Waals surface area contributed by atoms with Crippen molar-refractivity contribution in [3.63, 3.8) is 0 Å². The highest BCUT2D eigenvalue weighted by Gasteiger charge is 2.21. The molecule has 0 aromatic rings. The summed E-state index contributed by atoms with van der Waals surface area (Å²) in [5, 5.41) is 9.67. The van der Waals surface area contributed by atoms with Gasteiger partial charge in [0.25, 0.3) is 0 Å². The van der Waals surface area contributed by atoms with E-state index in [1.165, 1.54) is 0 Å². The molecule has 0 aliphatic carbocycles. The Labute approximate surface area is 68.5 Å². The second-order valence-corrected chi connectivity index (χ2v) is 2.88. The van der Waals surface area contributed by atoms with Crippen LogP contribution in [0.4, 0.5) is 0 Å². The molecule has 0 aromatic heterocycles. The lowest BCUT2D eigenvalue weighted by molar-refractivity contribution is 0.0273. The summed E-state index contributed by atoms with van der Waals surface area (Å²) in [4.78, 5) is 0. The summed E-state index contributed by atoms with van der Waals surface area (Å²) in [6, 6.07) is 0. The smallest absolute Gasteiger partial charge is 0.0767 e. The fraction of sp³-hybridized carbons (Fsp3) is 1.00. The van der Waals surface area contributed by atoms with Crippen molar-refractivity contribution in [2.45, 2.75) is 31.8 Å². The maximum absolute atomic E-state index is 9.67. The van der Waals surface area contributed by atoms with E-state index in [1.54, 1.807) is 7.11 Å². The summed E-state index contributed by atoms with van der Waals surface area (Å²) in [7, 11) is 1.66. The zero-order valence-electron chi connectivity index (χ0n) is 7.47. The third-order valence-electron chi connectivity index (χ3n) is 2.03. The Morgan fingerprint density at radius 3 is 2.55 bits per heavy atom. The molecule has 0 bridgehead atoms. The van der Waals surface area contributed by atoms with Crippen molar-refractivity contribution >= 4 is 0 Å². The number of hydrogen-bond acceptors (Lipinski definition) is 3. The van der Waals surface area contributed by atoms with Crippen LogP contribution in [0.3, 0.4) is 0 Å². The van der Waals surface area contributed by atoms with E-state index in [0.29, 0.717) is 19.6 Å². The number of nitrogens with two attached hydrogens (primary N) is 1. The van der Waals surface area contributed by atoms with Gasteiger partial charge in [0.1, 0.15) is 0 Å². The summed E-state index contributed by atoms with van der Waals surface area (Å²) in [6.07, 6.45) is 2.32. The first-order valence-electron chi connectivity index (χ1n) is 4.10. The average Bonchev–Trinajstić information content (AvgIpc) is 2.05. The van der Waals surface area contributed by atoms with Crippen LogP contribution in [0.15, 0.2) is 0 Å². The molecule has 0 heterocycles. The number of rotatable bonds is 6. The lowest BCUT2D eigenvalue weighted by Crippen LogP contribution is -2.37. The van der Waals surface area contributed by atoms with Crippen LogP contribution in [0, 0.1) is 0 Å². The normalized spacial score (nSPS) is 16.4. The largest absolute Gasteiger partial charge is 0.389 e. The van der Waals surface area contributed by atoms with E-state index in [-0.39, 0.29) is 0 Å². The van der Waals surface area contributed by atoms with Gasteiger partial charge in [-0.1, -0.05) is 6.92 Å². The van der Waals surface area contributed by atoms with Crippen LogP contribution in [0.5, 0.6) is 0 Å². The summed E-state index contributed by atoms with van der Waals surface area (Å²) < 4.78 is 4.87. The van der Waals surface area contributed by atoms with Crippen LogP contribution >= 0.6 is 0 Å². The van der Waals surface area contributed by atoms with Gasteiger partial charge in [-0.25, -0.2) is 0 Å². The summed E-state index contributed by atoms with van der Waals surface area (Å²) in [6.45, 7) is 2.98. The quantitative estimate of drug-likeness (QED) is 0.558. The molecule has 0 amide bonds. The van der Waals surface area contributed by atoms with E-state index in [2.05, 4.69) is 0 Å². The van der Waals surface area contributed by atoms with Crippen molar-refractivity contribution in [3.05, 3.63) is 0 Å². The number of hydrogen-bond donors (Lipinski definition) is 2. The third-order valence-corrected chi connectivity index (χ3v) is 2.03. The van der Waals surface area contributed by atoms with Gasteiger partial charge in [-0.3, -0.25) is 0 Å². The van der Waals surface area contributed by atoms with Crippen LogP contribution in [-0.2, 0) is 4.74 Å². The highest BCUT2D eigenvalue weighted by Crippen LogP contribution is 2.14. The molecule has 1 atom stereocenters. The standard InChI is InChI=1S/C8H19NO2/c1-3-8(10,7-9)5-4-6-11-2/h10H,3-7,9H2,1-2H3. The summed E-state index contributed by atoms with van der Waals surface area (Å²) >= 11 is 0. The molecule has 0 radical (unpaired) electrons. The number of aliphatic hydroxyl groups is 1. The summed E-state index contributed by atoms with van der Waals surface area (Å²) in [5.74, 6) is 0. The van der Waals surface area contributed by atoms with Crippen molar-refractivity contribution in [2.24, 2.45) is 5.73 Å². The van der Waals surface area contributed by atoms with E-state index >= 15 is 0 Å². The fourth-order valence-corrected chi connectivity index (χ4v) is 0.969. The Balaban J connectivity index is 3.51. The van der Waals surface area contributed by atoms with E-state index in [0.717, 1.165) is 12.8 Å². The topological polar surface area (TPSA) is 55.5 Å². The Kier molecular flexibility index (Phi) is 5.46. The Morgan fingerprint density at radius 1 is 1.55 bits per heavy atom. The molecule has 0 saturated carbocycles. The average molecular weight is 161 g/mol. The molecule has 3 N–H and O–H groups in total. The van der Waals surface area contributed by atoms with Gasteiger partial charge >= 0.3 is 0 Å². The van der Waals surface area contributed by atoms with Crippen molar-refractivity contribution < 1.29 is 9.84 Å². The molecule has 1 unspecified atom stereocenters. The highest BCUT2D eigenvalue weighted by atomic mass is 16.5. The zero-order chi connectivity index (χ0) is 8.74. The van der Waals surface area contributed by atoms with Crippen molar-refractivity contribution in [2.75, 3.05) is 20.3 Å². The second-order valence-electron chi connectivity index (χ2n) is 2.88. The van der Waals surface area contributed by atoms with Gasteiger partial charge in [0, 0.05) is 20.3 Å². The maximum Gasteiger partial charge on any atom is 0.0767 e. The molecular weight excluding hydrogens is 142 g/mol. The molecule has 0 rings (SSSR count). The van der Waals surface area contributed by atoms with E-state index in [1.807, 2.05) is 6.92 Å². The predicted octanol–water partition coefficient (Wildman–Crippen LogP) is 0.513. The van der Waals surface area contributed by atoms with E-state index in [9.17, 15) is 5.11 Å². The van der Waals surface area contributed by atoms with Crippen LogP contribution in [0.25, 0.3) is 0 Å². The van der Waals surface area contributed by atoms with Gasteiger partial charge in [0.05, 0.1) is 5.60 Å². The lowest BCUT2D eigenvalue weighted by Gasteiger charge is -2.24. The molecule has 0 aliphatic rings. The molecule has 0 fully saturated rings. The van der Waals surface area contributed by atoms with Gasteiger partial charge in [-0.05, 0) is 19.3 Å². The first-order chi connectivity index (χ1) is 5.18. The summed E-state index contributed by atoms with van der Waals surface area (Å²) in [5.41, 5.74) is 4.74. The van der Waals surface area contributed by atoms with Crippen LogP contribution in [0.1, 0.15) is 26.2 Å². The number of ether oxygens (including phenoxy) is 1. The molecule has 68 valence electrons. The number of methoxy groups -OCH3 is 1. The molecular formula is C8H19NO2. The SMILES string of the molecule is CCC(O)(CN)CCCOC. The Bertz CT molecular complexity index is 92.1. The molecule has 3 nitrogen and oxygen atoms in total. The molecule has 0 aromatic carbocycles. The predicted molar refractivity (Wildman–Crippen MR) is 45.4 cm³/mol. The monoisotopic (exact) mass is 161 g/mol. The molecule has 11 heavy (non-hydrogen) atoms. The molecule has 0 aliphatic heterocycles. The highest BCUT2D eigenvalue weighted by molar-refractivity contribution is 4.77. The minimum Gasteiger partial charge on any atom is -0.389 e. The molecule has 0 spiro atoms. The Morgan fingerprint density at radius 2 is 2.18 bits per heavy atom. The van der Waals surface area contributed by atoms with Gasteiger partial charge in [-0.2, -0.15) is 0 Å². The Hall–Kier alpha value is -0.120. The van der Waals surface area contributed by atoms with Crippen LogP contribution in [0.2, 0.25) is 0 Å². The van der Waals surface area contributed by atoms with Gasteiger partial charge < -0.3 is 15.6 Å². The van der Waals surface area contributed by atoms with Crippen molar-refractivity contribution in [1.29, 1.82) is 0 Å². The minimum atomic E-state index is -0.668. The molecule has 3 heteroatoms. The van der Waals surface area contributed by atoms with Crippen molar-refractivity contribution in [1.82, 2.24) is 0 Å². The second kappa shape index (κ2) is 5.52. The maximum atomic E-state index is 9.67. The van der Waals surface area contributed by atoms with Crippen LogP contribution in [-0.4, -0.2) is 31.0 Å². The van der Waals surface area contributed by atoms with Gasteiger partial charge in [0.2, 0.25) is 0 Å². The minimum absolute atomic E-state index is 0.340. The van der Waals surface area contributed by atoms with E-state index in [4.69, 9.17) is 10.5 Å². The van der Waals surface area contributed by atoms with Gasteiger partial charge in [0.15, 0.2) is 0 Å². The third kappa shape index (κ3) is 4.35. The van der Waals surface area contributed by atoms with Crippen molar-refractivity contribution in [3.8, 4) is 0 Å². The fourth-order valence-electron chi connectivity index (χ4n) is 0.969. The van der Waals surface area contributed by atoms with E-state index < -0.39 is 5.60 Å². The lowest BCUT2D eigenvalue weighted by atomic mass is 9.95. The van der Waals surface area contributed by atoms with Crippen LogP contribution < -0.4 is 5.73 Å².